The minimum atomic E-state index is -0.193. The molecular formula is C22H27ClN2O4. The van der Waals surface area contributed by atoms with Gasteiger partial charge in [-0.3, -0.25) is 9.80 Å². The summed E-state index contributed by atoms with van der Waals surface area (Å²) in [6.45, 7) is 6.87. The van der Waals surface area contributed by atoms with Crippen LogP contribution in [0, 0.1) is 0 Å². The highest BCUT2D eigenvalue weighted by Gasteiger charge is 2.27. The number of nitrogens with zero attached hydrogens (tertiary/aromatic N) is 2. The van der Waals surface area contributed by atoms with Crippen LogP contribution in [0.5, 0.6) is 5.75 Å². The molecule has 29 heavy (non-hydrogen) atoms. The van der Waals surface area contributed by atoms with E-state index in [4.69, 9.17) is 25.5 Å². The molecule has 0 spiro atoms. The average Bonchev–Trinajstić information content (AvgIpc) is 2.76. The average molecular weight is 419 g/mol. The lowest BCUT2D eigenvalue weighted by Gasteiger charge is -2.31. The SMILES string of the molecule is O=c1oc2c3c(c(Cl)cc2c2c1CCCC2)OCN(CCCN1CCOCC1)C3. The molecule has 2 aliphatic heterocycles. The van der Waals surface area contributed by atoms with Crippen LogP contribution >= 0.6 is 11.6 Å². The summed E-state index contributed by atoms with van der Waals surface area (Å²) >= 11 is 6.58. The molecule has 0 amide bonds. The lowest BCUT2D eigenvalue weighted by molar-refractivity contribution is 0.0330. The molecule has 156 valence electrons. The Labute approximate surface area is 175 Å². The lowest BCUT2D eigenvalue weighted by atomic mass is 9.90. The normalized spacial score (nSPS) is 20.3. The zero-order valence-electron chi connectivity index (χ0n) is 16.7. The number of fused-ring (bicyclic) bond motifs is 5. The van der Waals surface area contributed by atoms with Gasteiger partial charge in [0.15, 0.2) is 0 Å². The first kappa shape index (κ1) is 19.4. The Hall–Kier alpha value is -1.60. The number of hydrogen-bond donors (Lipinski definition) is 0. The van der Waals surface area contributed by atoms with E-state index in [-0.39, 0.29) is 5.63 Å². The fraction of sp³-hybridized carbons (Fsp3) is 0.591. The number of benzene rings is 1. The van der Waals surface area contributed by atoms with Crippen molar-refractivity contribution in [3.63, 3.8) is 0 Å². The number of ether oxygens (including phenoxy) is 2. The molecule has 5 rings (SSSR count). The maximum absolute atomic E-state index is 12.6. The van der Waals surface area contributed by atoms with Crippen LogP contribution in [-0.2, 0) is 24.1 Å². The predicted molar refractivity (Wildman–Crippen MR) is 112 cm³/mol. The van der Waals surface area contributed by atoms with E-state index in [9.17, 15) is 4.79 Å². The third-order valence-corrected chi connectivity index (χ3v) is 6.62. The molecule has 3 aliphatic rings. The summed E-state index contributed by atoms with van der Waals surface area (Å²) in [5.41, 5.74) is 3.33. The van der Waals surface area contributed by atoms with Crippen molar-refractivity contribution in [2.75, 3.05) is 46.1 Å². The van der Waals surface area contributed by atoms with Gasteiger partial charge in [-0.1, -0.05) is 11.6 Å². The molecule has 0 unspecified atom stereocenters. The second kappa shape index (κ2) is 8.26. The summed E-state index contributed by atoms with van der Waals surface area (Å²) < 4.78 is 17.2. The van der Waals surface area contributed by atoms with Crippen LogP contribution in [0.2, 0.25) is 5.02 Å². The van der Waals surface area contributed by atoms with Gasteiger partial charge in [-0.15, -0.1) is 0 Å². The standard InChI is InChI=1S/C22H27ClN2O4/c23-19-12-17-15-4-1-2-5-16(15)22(26)29-20(17)18-13-25(14-28-21(18)19)7-3-6-24-8-10-27-11-9-24/h12H,1-11,13-14H2. The lowest BCUT2D eigenvalue weighted by Crippen LogP contribution is -2.39. The number of hydrogen-bond acceptors (Lipinski definition) is 6. The van der Waals surface area contributed by atoms with Crippen molar-refractivity contribution >= 4 is 22.6 Å². The number of rotatable bonds is 4. The van der Waals surface area contributed by atoms with Crippen LogP contribution in [0.1, 0.15) is 36.0 Å². The highest BCUT2D eigenvalue weighted by molar-refractivity contribution is 6.33. The monoisotopic (exact) mass is 418 g/mol. The fourth-order valence-corrected chi connectivity index (χ4v) is 5.08. The highest BCUT2D eigenvalue weighted by Crippen LogP contribution is 2.40. The van der Waals surface area contributed by atoms with Crippen molar-refractivity contribution in [2.24, 2.45) is 0 Å². The van der Waals surface area contributed by atoms with Gasteiger partial charge in [-0.2, -0.15) is 0 Å². The molecule has 2 aromatic rings. The van der Waals surface area contributed by atoms with Crippen molar-refractivity contribution in [1.82, 2.24) is 9.80 Å². The smallest absolute Gasteiger partial charge is 0.339 e. The van der Waals surface area contributed by atoms with Gasteiger partial charge in [0.1, 0.15) is 18.1 Å². The molecule has 0 bridgehead atoms. The first-order valence-electron chi connectivity index (χ1n) is 10.7. The maximum atomic E-state index is 12.6. The van der Waals surface area contributed by atoms with E-state index in [1.807, 2.05) is 6.07 Å². The van der Waals surface area contributed by atoms with Crippen molar-refractivity contribution in [1.29, 1.82) is 0 Å². The van der Waals surface area contributed by atoms with Crippen molar-refractivity contribution in [3.05, 3.63) is 38.2 Å². The van der Waals surface area contributed by atoms with Crippen LogP contribution < -0.4 is 10.4 Å². The molecule has 1 aromatic heterocycles. The fourth-order valence-electron chi connectivity index (χ4n) is 4.80. The number of morpholine rings is 1. The Morgan fingerprint density at radius 2 is 1.76 bits per heavy atom. The predicted octanol–water partition coefficient (Wildman–Crippen LogP) is 3.20. The van der Waals surface area contributed by atoms with Crippen molar-refractivity contribution in [3.8, 4) is 5.75 Å². The first-order valence-corrected chi connectivity index (χ1v) is 11.0. The van der Waals surface area contributed by atoms with Crippen LogP contribution in [0.4, 0.5) is 0 Å². The number of halogens is 1. The van der Waals surface area contributed by atoms with Gasteiger partial charge in [0.2, 0.25) is 0 Å². The largest absolute Gasteiger partial charge is 0.476 e. The summed E-state index contributed by atoms with van der Waals surface area (Å²) in [5.74, 6) is 0.669. The molecule has 0 atom stereocenters. The quantitative estimate of drug-likeness (QED) is 0.711. The van der Waals surface area contributed by atoms with E-state index in [1.165, 1.54) is 0 Å². The summed E-state index contributed by atoms with van der Waals surface area (Å²) in [7, 11) is 0. The Morgan fingerprint density at radius 1 is 1.00 bits per heavy atom. The Balaban J connectivity index is 1.39. The van der Waals surface area contributed by atoms with Gasteiger partial charge < -0.3 is 13.9 Å². The van der Waals surface area contributed by atoms with E-state index in [2.05, 4.69) is 9.80 Å². The summed E-state index contributed by atoms with van der Waals surface area (Å²) in [5, 5.41) is 1.60. The van der Waals surface area contributed by atoms with E-state index >= 15 is 0 Å². The second-order valence-corrected chi connectivity index (χ2v) is 8.64. The van der Waals surface area contributed by atoms with Crippen LogP contribution in [0.15, 0.2) is 15.3 Å². The Bertz CT molecular complexity index is 968. The van der Waals surface area contributed by atoms with E-state index in [0.717, 1.165) is 93.6 Å². The molecule has 1 aliphatic carbocycles. The van der Waals surface area contributed by atoms with Crippen LogP contribution in [-0.4, -0.2) is 55.9 Å². The Kier molecular flexibility index (Phi) is 5.52. The molecule has 6 nitrogen and oxygen atoms in total. The van der Waals surface area contributed by atoms with E-state index in [0.29, 0.717) is 29.6 Å². The molecule has 0 N–H and O–H groups in total. The van der Waals surface area contributed by atoms with Gasteiger partial charge in [0.25, 0.3) is 0 Å². The first-order chi connectivity index (χ1) is 14.2. The van der Waals surface area contributed by atoms with Gasteiger partial charge >= 0.3 is 5.63 Å². The van der Waals surface area contributed by atoms with Crippen molar-refractivity contribution in [2.45, 2.75) is 38.6 Å². The molecule has 1 aromatic carbocycles. The van der Waals surface area contributed by atoms with Crippen LogP contribution in [0.3, 0.4) is 0 Å². The molecule has 3 heterocycles. The highest BCUT2D eigenvalue weighted by atomic mass is 35.5. The third kappa shape index (κ3) is 3.79. The molecule has 1 saturated heterocycles. The minimum Gasteiger partial charge on any atom is -0.476 e. The van der Waals surface area contributed by atoms with E-state index in [1.54, 1.807) is 0 Å². The second-order valence-electron chi connectivity index (χ2n) is 8.23. The van der Waals surface area contributed by atoms with Gasteiger partial charge in [-0.25, -0.2) is 4.79 Å². The number of aryl methyl sites for hydroxylation is 1. The topological polar surface area (TPSA) is 55.2 Å². The van der Waals surface area contributed by atoms with Gasteiger partial charge in [0.05, 0.1) is 23.8 Å². The summed E-state index contributed by atoms with van der Waals surface area (Å²) in [6.07, 6.45) is 4.92. The van der Waals surface area contributed by atoms with Gasteiger partial charge in [0, 0.05) is 37.1 Å². The molecule has 1 fully saturated rings. The third-order valence-electron chi connectivity index (χ3n) is 6.34. The molecular weight excluding hydrogens is 392 g/mol. The van der Waals surface area contributed by atoms with E-state index < -0.39 is 0 Å². The minimum absolute atomic E-state index is 0.193. The van der Waals surface area contributed by atoms with Crippen molar-refractivity contribution < 1.29 is 13.9 Å². The zero-order valence-corrected chi connectivity index (χ0v) is 17.4. The van der Waals surface area contributed by atoms with Crippen LogP contribution in [0.25, 0.3) is 11.0 Å². The Morgan fingerprint density at radius 3 is 2.59 bits per heavy atom. The molecule has 0 radical (unpaired) electrons. The summed E-state index contributed by atoms with van der Waals surface area (Å²) in [6, 6.07) is 1.93. The maximum Gasteiger partial charge on any atom is 0.339 e. The van der Waals surface area contributed by atoms with Gasteiger partial charge in [-0.05, 0) is 50.3 Å². The molecule has 7 heteroatoms. The zero-order chi connectivity index (χ0) is 19.8. The molecule has 0 saturated carbocycles. The summed E-state index contributed by atoms with van der Waals surface area (Å²) in [4.78, 5) is 17.3.